The van der Waals surface area contributed by atoms with E-state index in [1.807, 2.05) is 17.9 Å². The van der Waals surface area contributed by atoms with Gasteiger partial charge < -0.3 is 15.2 Å². The molecule has 0 fully saturated rings. The average molecular weight is 260 g/mol. The molecule has 4 heteroatoms. The van der Waals surface area contributed by atoms with Crippen LogP contribution in [0, 0.1) is 5.41 Å². The third-order valence-electron chi connectivity index (χ3n) is 3.83. The molecule has 0 bridgehead atoms. The first-order valence-corrected chi connectivity index (χ1v) is 6.75. The summed E-state index contributed by atoms with van der Waals surface area (Å²) in [6.07, 6.45) is 2.94. The van der Waals surface area contributed by atoms with Crippen molar-refractivity contribution in [2.75, 3.05) is 25.0 Å². The van der Waals surface area contributed by atoms with Gasteiger partial charge in [0.25, 0.3) is 0 Å². The van der Waals surface area contributed by atoms with E-state index in [1.165, 1.54) is 11.2 Å². The number of imidazole rings is 1. The van der Waals surface area contributed by atoms with E-state index >= 15 is 0 Å². The summed E-state index contributed by atoms with van der Waals surface area (Å²) in [5.41, 5.74) is 9.39. The smallest absolute Gasteiger partial charge is 0.0955 e. The Morgan fingerprint density at radius 3 is 2.79 bits per heavy atom. The second-order valence-corrected chi connectivity index (χ2v) is 6.07. The van der Waals surface area contributed by atoms with Crippen molar-refractivity contribution in [3.63, 3.8) is 0 Å². The molecule has 0 amide bonds. The Bertz CT molecular complexity index is 556. The van der Waals surface area contributed by atoms with Crippen LogP contribution < -0.4 is 10.6 Å². The van der Waals surface area contributed by atoms with Crippen LogP contribution >= 0.6 is 0 Å². The van der Waals surface area contributed by atoms with Gasteiger partial charge in [-0.15, -0.1) is 0 Å². The summed E-state index contributed by atoms with van der Waals surface area (Å²) in [6, 6.07) is 6.42. The summed E-state index contributed by atoms with van der Waals surface area (Å²) in [7, 11) is 4.14. The molecule has 0 saturated heterocycles. The first kappa shape index (κ1) is 13.9. The fourth-order valence-electron chi connectivity index (χ4n) is 2.06. The highest BCUT2D eigenvalue weighted by atomic mass is 15.1. The van der Waals surface area contributed by atoms with Crippen LogP contribution in [0.15, 0.2) is 24.5 Å². The zero-order valence-corrected chi connectivity index (χ0v) is 12.3. The van der Waals surface area contributed by atoms with Gasteiger partial charge in [0.1, 0.15) is 0 Å². The number of fused-ring (bicyclic) bond motifs is 1. The highest BCUT2D eigenvalue weighted by molar-refractivity contribution is 5.79. The van der Waals surface area contributed by atoms with E-state index < -0.39 is 0 Å². The van der Waals surface area contributed by atoms with Crippen LogP contribution in [0.3, 0.4) is 0 Å². The molecule has 0 radical (unpaired) electrons. The minimum Gasteiger partial charge on any atom is -0.375 e. The molecule has 0 aliphatic heterocycles. The van der Waals surface area contributed by atoms with Crippen molar-refractivity contribution in [1.29, 1.82) is 0 Å². The first-order chi connectivity index (χ1) is 8.93. The molecule has 1 aromatic carbocycles. The number of rotatable bonds is 5. The van der Waals surface area contributed by atoms with E-state index in [0.717, 1.165) is 25.0 Å². The molecular formula is C15H24N4. The van der Waals surface area contributed by atoms with E-state index in [9.17, 15) is 0 Å². The number of nitrogens with zero attached hydrogens (tertiary/aromatic N) is 3. The lowest BCUT2D eigenvalue weighted by molar-refractivity contribution is 0.351. The minimum atomic E-state index is 0.198. The normalized spacial score (nSPS) is 12.1. The van der Waals surface area contributed by atoms with Crippen molar-refractivity contribution in [1.82, 2.24) is 9.55 Å². The molecule has 19 heavy (non-hydrogen) atoms. The molecule has 4 nitrogen and oxygen atoms in total. The van der Waals surface area contributed by atoms with E-state index in [0.29, 0.717) is 0 Å². The number of nitrogens with two attached hydrogens (primary N) is 1. The molecule has 0 unspecified atom stereocenters. The quantitative estimate of drug-likeness (QED) is 0.898. The molecule has 0 aliphatic carbocycles. The molecule has 0 aliphatic rings. The largest absolute Gasteiger partial charge is 0.375 e. The number of benzene rings is 1. The highest BCUT2D eigenvalue weighted by Crippen LogP contribution is 2.23. The van der Waals surface area contributed by atoms with Crippen molar-refractivity contribution in [3.8, 4) is 0 Å². The van der Waals surface area contributed by atoms with Crippen LogP contribution in [0.1, 0.15) is 20.3 Å². The molecule has 2 N–H and O–H groups in total. The summed E-state index contributed by atoms with van der Waals surface area (Å²) in [4.78, 5) is 6.67. The van der Waals surface area contributed by atoms with Gasteiger partial charge in [-0.25, -0.2) is 4.98 Å². The maximum atomic E-state index is 5.78. The molecular weight excluding hydrogens is 236 g/mol. The Kier molecular flexibility index (Phi) is 3.80. The Morgan fingerprint density at radius 1 is 1.37 bits per heavy atom. The van der Waals surface area contributed by atoms with Crippen molar-refractivity contribution in [2.24, 2.45) is 18.2 Å². The number of hydrogen-bond donors (Lipinski definition) is 1. The molecule has 0 spiro atoms. The number of anilines is 1. The molecule has 0 saturated carbocycles. The fraction of sp³-hybridized carbons (Fsp3) is 0.533. The Balaban J connectivity index is 2.11. The van der Waals surface area contributed by atoms with Crippen LogP contribution in [0.2, 0.25) is 0 Å². The monoisotopic (exact) mass is 260 g/mol. The lowest BCUT2D eigenvalue weighted by Crippen LogP contribution is -2.29. The van der Waals surface area contributed by atoms with Gasteiger partial charge in [-0.3, -0.25) is 0 Å². The Hall–Kier alpha value is -1.55. The predicted octanol–water partition coefficient (Wildman–Crippen LogP) is 2.38. The van der Waals surface area contributed by atoms with Crippen LogP contribution in [0.25, 0.3) is 11.0 Å². The summed E-state index contributed by atoms with van der Waals surface area (Å²) < 4.78 is 2.04. The average Bonchev–Trinajstić information content (AvgIpc) is 2.77. The molecule has 104 valence electrons. The first-order valence-electron chi connectivity index (χ1n) is 6.75. The Labute approximate surface area is 115 Å². The van der Waals surface area contributed by atoms with Crippen LogP contribution in [-0.4, -0.2) is 29.7 Å². The van der Waals surface area contributed by atoms with Gasteiger partial charge in [-0.2, -0.15) is 0 Å². The van der Waals surface area contributed by atoms with E-state index in [1.54, 1.807) is 0 Å². The number of aromatic nitrogens is 2. The van der Waals surface area contributed by atoms with Crippen molar-refractivity contribution >= 4 is 16.7 Å². The minimum absolute atomic E-state index is 0.198. The van der Waals surface area contributed by atoms with Gasteiger partial charge in [0.2, 0.25) is 0 Å². The van der Waals surface area contributed by atoms with Crippen LogP contribution in [0.4, 0.5) is 5.69 Å². The van der Waals surface area contributed by atoms with Crippen LogP contribution in [0.5, 0.6) is 0 Å². The molecule has 2 aromatic rings. The fourth-order valence-corrected chi connectivity index (χ4v) is 2.06. The summed E-state index contributed by atoms with van der Waals surface area (Å²) in [6.45, 7) is 6.15. The van der Waals surface area contributed by atoms with E-state index in [2.05, 4.69) is 49.0 Å². The SMILES string of the molecule is CN(CCC(C)(C)CN)c1ccc2c(c1)ncn2C. The third kappa shape index (κ3) is 3.07. The van der Waals surface area contributed by atoms with Crippen molar-refractivity contribution in [2.45, 2.75) is 20.3 Å². The lowest BCUT2D eigenvalue weighted by atomic mass is 9.89. The second kappa shape index (κ2) is 5.21. The lowest BCUT2D eigenvalue weighted by Gasteiger charge is -2.27. The number of aryl methyl sites for hydroxylation is 1. The molecule has 1 heterocycles. The van der Waals surface area contributed by atoms with E-state index in [4.69, 9.17) is 5.73 Å². The van der Waals surface area contributed by atoms with Gasteiger partial charge in [-0.05, 0) is 36.6 Å². The summed E-state index contributed by atoms with van der Waals surface area (Å²) in [5, 5.41) is 0. The number of hydrogen-bond acceptors (Lipinski definition) is 3. The van der Waals surface area contributed by atoms with Gasteiger partial charge in [0, 0.05) is 26.3 Å². The maximum absolute atomic E-state index is 5.78. The van der Waals surface area contributed by atoms with Crippen molar-refractivity contribution < 1.29 is 0 Å². The maximum Gasteiger partial charge on any atom is 0.0955 e. The van der Waals surface area contributed by atoms with Crippen molar-refractivity contribution in [3.05, 3.63) is 24.5 Å². The zero-order chi connectivity index (χ0) is 14.0. The van der Waals surface area contributed by atoms with Gasteiger partial charge in [0.15, 0.2) is 0 Å². The molecule has 2 rings (SSSR count). The molecule has 0 atom stereocenters. The third-order valence-corrected chi connectivity index (χ3v) is 3.83. The van der Waals surface area contributed by atoms with Crippen LogP contribution in [-0.2, 0) is 7.05 Å². The summed E-state index contributed by atoms with van der Waals surface area (Å²) in [5.74, 6) is 0. The van der Waals surface area contributed by atoms with Gasteiger partial charge >= 0.3 is 0 Å². The van der Waals surface area contributed by atoms with E-state index in [-0.39, 0.29) is 5.41 Å². The second-order valence-electron chi connectivity index (χ2n) is 6.07. The summed E-state index contributed by atoms with van der Waals surface area (Å²) >= 11 is 0. The topological polar surface area (TPSA) is 47.1 Å². The van der Waals surface area contributed by atoms with Gasteiger partial charge in [-0.1, -0.05) is 13.8 Å². The zero-order valence-electron chi connectivity index (χ0n) is 12.3. The predicted molar refractivity (Wildman–Crippen MR) is 81.4 cm³/mol. The highest BCUT2D eigenvalue weighted by Gasteiger charge is 2.16. The Morgan fingerprint density at radius 2 is 2.11 bits per heavy atom. The van der Waals surface area contributed by atoms with Gasteiger partial charge in [0.05, 0.1) is 17.4 Å². The molecule has 1 aromatic heterocycles. The standard InChI is InChI=1S/C15H24N4/c1-15(2,10-16)7-8-18(3)12-5-6-14-13(9-12)17-11-19(14)4/h5-6,9,11H,7-8,10,16H2,1-4H3.